The summed E-state index contributed by atoms with van der Waals surface area (Å²) in [5.41, 5.74) is 1.85. The van der Waals surface area contributed by atoms with Crippen LogP contribution in [0, 0.1) is 12.7 Å². The highest BCUT2D eigenvalue weighted by Gasteiger charge is 2.13. The fourth-order valence-corrected chi connectivity index (χ4v) is 3.49. The zero-order valence-electron chi connectivity index (χ0n) is 9.47. The van der Waals surface area contributed by atoms with E-state index < -0.39 is 0 Å². The summed E-state index contributed by atoms with van der Waals surface area (Å²) in [5.74, 6) is -0.270. The Balaban J connectivity index is 2.21. The number of carbonyl (C=O) groups is 1. The van der Waals surface area contributed by atoms with Gasteiger partial charge in [0.25, 0.3) is 0 Å². The van der Waals surface area contributed by atoms with Crippen LogP contribution < -0.4 is 0 Å². The van der Waals surface area contributed by atoms with E-state index in [-0.39, 0.29) is 18.0 Å². The number of halogens is 3. The smallest absolute Gasteiger partial charge is 0.177 e. The molecule has 18 heavy (non-hydrogen) atoms. The Morgan fingerprint density at radius 2 is 2.06 bits per heavy atom. The van der Waals surface area contributed by atoms with Crippen molar-refractivity contribution in [3.8, 4) is 0 Å². The molecule has 0 radical (unpaired) electrons. The normalized spacial score (nSPS) is 10.7. The first-order valence-electron chi connectivity index (χ1n) is 5.20. The number of benzene rings is 1. The summed E-state index contributed by atoms with van der Waals surface area (Å²) in [6, 6.07) is 6.24. The van der Waals surface area contributed by atoms with Crippen LogP contribution in [0.2, 0.25) is 0 Å². The molecule has 0 amide bonds. The minimum absolute atomic E-state index is 0.0427. The summed E-state index contributed by atoms with van der Waals surface area (Å²) < 4.78 is 14.5. The number of rotatable bonds is 3. The van der Waals surface area contributed by atoms with Crippen LogP contribution in [0.1, 0.15) is 20.8 Å². The van der Waals surface area contributed by atoms with E-state index in [9.17, 15) is 9.18 Å². The second kappa shape index (κ2) is 5.63. The Labute approximate surface area is 125 Å². The lowest BCUT2D eigenvalue weighted by Crippen LogP contribution is -2.02. The van der Waals surface area contributed by atoms with Gasteiger partial charge in [0.05, 0.1) is 8.66 Å². The minimum atomic E-state index is -0.312. The minimum Gasteiger partial charge on any atom is -0.293 e. The molecule has 2 rings (SSSR count). The van der Waals surface area contributed by atoms with E-state index in [0.29, 0.717) is 4.47 Å². The summed E-state index contributed by atoms with van der Waals surface area (Å²) >= 11 is 8.10. The summed E-state index contributed by atoms with van der Waals surface area (Å²) in [6.07, 6.45) is 0.271. The van der Waals surface area contributed by atoms with Gasteiger partial charge in [-0.3, -0.25) is 4.79 Å². The third-order valence-electron chi connectivity index (χ3n) is 2.50. The first kappa shape index (κ1) is 13.9. The highest BCUT2D eigenvalue weighted by molar-refractivity contribution is 9.11. The predicted octanol–water partition coefficient (Wildman–Crippen LogP) is 5.15. The number of aryl methyl sites for hydroxylation is 1. The summed E-state index contributed by atoms with van der Waals surface area (Å²) in [7, 11) is 0. The lowest BCUT2D eigenvalue weighted by Gasteiger charge is -2.02. The average molecular weight is 392 g/mol. The maximum Gasteiger partial charge on any atom is 0.177 e. The van der Waals surface area contributed by atoms with Crippen LogP contribution in [0.4, 0.5) is 4.39 Å². The number of carbonyl (C=O) groups excluding carboxylic acids is 1. The highest BCUT2D eigenvalue weighted by atomic mass is 79.9. The Kier molecular flexibility index (Phi) is 4.35. The maximum absolute atomic E-state index is 12.9. The van der Waals surface area contributed by atoms with E-state index in [2.05, 4.69) is 31.9 Å². The monoisotopic (exact) mass is 390 g/mol. The van der Waals surface area contributed by atoms with Gasteiger partial charge in [-0.25, -0.2) is 4.39 Å². The van der Waals surface area contributed by atoms with Crippen LogP contribution in [0.5, 0.6) is 0 Å². The molecule has 0 fully saturated rings. The van der Waals surface area contributed by atoms with Crippen molar-refractivity contribution < 1.29 is 9.18 Å². The lowest BCUT2D eigenvalue weighted by atomic mass is 10.1. The molecule has 0 spiro atoms. The van der Waals surface area contributed by atoms with Gasteiger partial charge in [0.1, 0.15) is 5.82 Å². The van der Waals surface area contributed by atoms with Crippen LogP contribution in [-0.2, 0) is 6.42 Å². The molecule has 0 unspecified atom stereocenters. The Bertz CT molecular complexity index is 588. The molecule has 0 N–H and O–H groups in total. The second-order valence-corrected chi connectivity index (χ2v) is 7.13. The van der Waals surface area contributed by atoms with Crippen LogP contribution in [0.3, 0.4) is 0 Å². The number of hydrogen-bond donors (Lipinski definition) is 0. The first-order valence-corrected chi connectivity index (χ1v) is 7.60. The Morgan fingerprint density at radius 3 is 2.61 bits per heavy atom. The largest absolute Gasteiger partial charge is 0.293 e. The Hall–Kier alpha value is -0.520. The zero-order chi connectivity index (χ0) is 13.3. The van der Waals surface area contributed by atoms with Gasteiger partial charge in [-0.15, -0.1) is 11.3 Å². The second-order valence-electron chi connectivity index (χ2n) is 3.90. The molecular weight excluding hydrogens is 383 g/mol. The summed E-state index contributed by atoms with van der Waals surface area (Å²) in [6.45, 7) is 1.95. The summed E-state index contributed by atoms with van der Waals surface area (Å²) in [4.78, 5) is 12.8. The molecule has 0 aliphatic heterocycles. The van der Waals surface area contributed by atoms with Crippen molar-refractivity contribution in [2.45, 2.75) is 13.3 Å². The molecule has 1 nitrogen and oxygen atoms in total. The highest BCUT2D eigenvalue weighted by Crippen LogP contribution is 2.29. The van der Waals surface area contributed by atoms with Gasteiger partial charge in [0.15, 0.2) is 5.78 Å². The van der Waals surface area contributed by atoms with Gasteiger partial charge in [0.2, 0.25) is 0 Å². The van der Waals surface area contributed by atoms with E-state index in [4.69, 9.17) is 0 Å². The van der Waals surface area contributed by atoms with Crippen LogP contribution in [0.15, 0.2) is 32.5 Å². The van der Waals surface area contributed by atoms with Gasteiger partial charge < -0.3 is 0 Å². The van der Waals surface area contributed by atoms with E-state index in [1.54, 1.807) is 6.07 Å². The molecule has 0 bridgehead atoms. The fourth-order valence-electron chi connectivity index (χ4n) is 1.52. The van der Waals surface area contributed by atoms with Crippen molar-refractivity contribution in [2.75, 3.05) is 0 Å². The first-order chi connectivity index (χ1) is 8.47. The molecule has 0 aliphatic carbocycles. The topological polar surface area (TPSA) is 17.1 Å². The van der Waals surface area contributed by atoms with Crippen molar-refractivity contribution in [3.63, 3.8) is 0 Å². The number of hydrogen-bond acceptors (Lipinski definition) is 2. The SMILES string of the molecule is Cc1cc(C(=O)Cc2ccc(F)cc2Br)sc1Br. The van der Waals surface area contributed by atoms with Crippen LogP contribution >= 0.6 is 43.2 Å². The van der Waals surface area contributed by atoms with Crippen molar-refractivity contribution >= 4 is 49.0 Å². The van der Waals surface area contributed by atoms with E-state index in [1.807, 2.05) is 13.0 Å². The van der Waals surface area contributed by atoms with Crippen LogP contribution in [0.25, 0.3) is 0 Å². The Morgan fingerprint density at radius 1 is 1.33 bits per heavy atom. The molecule has 1 heterocycles. The molecule has 2 aromatic rings. The maximum atomic E-state index is 12.9. The number of ketones is 1. The third-order valence-corrected chi connectivity index (χ3v) is 5.41. The molecule has 0 saturated heterocycles. The van der Waals surface area contributed by atoms with Gasteiger partial charge in [-0.2, -0.15) is 0 Å². The molecule has 1 aromatic heterocycles. The van der Waals surface area contributed by atoms with Gasteiger partial charge in [-0.1, -0.05) is 22.0 Å². The van der Waals surface area contributed by atoms with Gasteiger partial charge in [-0.05, 0) is 52.2 Å². The third kappa shape index (κ3) is 3.08. The van der Waals surface area contributed by atoms with Crippen molar-refractivity contribution in [2.24, 2.45) is 0 Å². The average Bonchev–Trinajstić information content (AvgIpc) is 2.63. The van der Waals surface area contributed by atoms with Gasteiger partial charge >= 0.3 is 0 Å². The van der Waals surface area contributed by atoms with Crippen molar-refractivity contribution in [1.29, 1.82) is 0 Å². The summed E-state index contributed by atoms with van der Waals surface area (Å²) in [5, 5.41) is 0. The molecular formula is C13H9Br2FOS. The van der Waals surface area contributed by atoms with Crippen LogP contribution in [-0.4, -0.2) is 5.78 Å². The predicted molar refractivity (Wildman–Crippen MR) is 78.9 cm³/mol. The van der Waals surface area contributed by atoms with Crippen molar-refractivity contribution in [1.82, 2.24) is 0 Å². The van der Waals surface area contributed by atoms with Gasteiger partial charge in [0, 0.05) is 10.9 Å². The zero-order valence-corrected chi connectivity index (χ0v) is 13.5. The fraction of sp³-hybridized carbons (Fsp3) is 0.154. The van der Waals surface area contributed by atoms with E-state index in [0.717, 1.165) is 19.8 Å². The standard InChI is InChI=1S/C13H9Br2FOS/c1-7-4-12(18-13(7)15)11(17)5-8-2-3-9(16)6-10(8)14/h2-4,6H,5H2,1H3. The van der Waals surface area contributed by atoms with E-state index >= 15 is 0 Å². The molecule has 0 aliphatic rings. The molecule has 0 atom stereocenters. The number of thiophene rings is 1. The molecule has 5 heteroatoms. The molecule has 1 aromatic carbocycles. The number of Topliss-reactive ketones (excluding diaryl/α,β-unsaturated/α-hetero) is 1. The lowest BCUT2D eigenvalue weighted by molar-refractivity contribution is 0.0996. The van der Waals surface area contributed by atoms with Crippen molar-refractivity contribution in [3.05, 3.63) is 54.3 Å². The molecule has 94 valence electrons. The van der Waals surface area contributed by atoms with E-state index in [1.165, 1.54) is 23.5 Å². The molecule has 0 saturated carbocycles. The quantitative estimate of drug-likeness (QED) is 0.661.